The molecule has 7 nitrogen and oxygen atoms in total. The number of rotatable bonds is 9. The standard InChI is InChI=1S/C22H30FN3O4S/c1-6-17(27)13-18(28)11-12-19-20(14(2)3)24-22(26(4)31(5,29)30)25-21(19)15-7-9-16(23)10-8-15/h7-12,14,17-18,27-28H,6,13H2,1-5H3/b12-11+. The van der Waals surface area contributed by atoms with Gasteiger partial charge in [-0.25, -0.2) is 27.1 Å². The number of halogens is 1. The molecule has 1 heterocycles. The average molecular weight is 452 g/mol. The summed E-state index contributed by atoms with van der Waals surface area (Å²) >= 11 is 0. The zero-order valence-electron chi connectivity index (χ0n) is 18.4. The first kappa shape index (κ1) is 24.9. The first-order valence-corrected chi connectivity index (χ1v) is 11.9. The van der Waals surface area contributed by atoms with Crippen LogP contribution in [0.5, 0.6) is 0 Å². The second kappa shape index (κ2) is 10.3. The molecule has 2 atom stereocenters. The topological polar surface area (TPSA) is 104 Å². The number of hydrogen-bond donors (Lipinski definition) is 2. The summed E-state index contributed by atoms with van der Waals surface area (Å²) in [5.41, 5.74) is 2.18. The maximum absolute atomic E-state index is 13.5. The Morgan fingerprint density at radius 1 is 1.16 bits per heavy atom. The summed E-state index contributed by atoms with van der Waals surface area (Å²) in [6, 6.07) is 5.71. The number of nitrogens with zero attached hydrogens (tertiary/aromatic N) is 3. The summed E-state index contributed by atoms with van der Waals surface area (Å²) in [6.45, 7) is 5.65. The van der Waals surface area contributed by atoms with Gasteiger partial charge in [-0.3, -0.25) is 0 Å². The maximum Gasteiger partial charge on any atom is 0.239 e. The van der Waals surface area contributed by atoms with Crippen molar-refractivity contribution in [1.82, 2.24) is 9.97 Å². The molecule has 2 unspecified atom stereocenters. The van der Waals surface area contributed by atoms with Gasteiger partial charge in [-0.2, -0.15) is 0 Å². The summed E-state index contributed by atoms with van der Waals surface area (Å²) in [4.78, 5) is 8.94. The minimum atomic E-state index is -3.60. The van der Waals surface area contributed by atoms with Crippen LogP contribution in [0.1, 0.15) is 50.8 Å². The van der Waals surface area contributed by atoms with Crippen molar-refractivity contribution in [2.75, 3.05) is 17.6 Å². The third-order valence-electron chi connectivity index (χ3n) is 4.88. The minimum Gasteiger partial charge on any atom is -0.393 e. The van der Waals surface area contributed by atoms with E-state index in [0.717, 1.165) is 10.6 Å². The van der Waals surface area contributed by atoms with E-state index in [0.29, 0.717) is 28.9 Å². The van der Waals surface area contributed by atoms with E-state index in [1.54, 1.807) is 24.3 Å². The average Bonchev–Trinajstić information content (AvgIpc) is 2.70. The monoisotopic (exact) mass is 451 g/mol. The van der Waals surface area contributed by atoms with Crippen LogP contribution < -0.4 is 4.31 Å². The lowest BCUT2D eigenvalue weighted by Gasteiger charge is -2.20. The van der Waals surface area contributed by atoms with Crippen molar-refractivity contribution in [3.05, 3.63) is 47.4 Å². The molecule has 2 aromatic rings. The normalized spacial score (nSPS) is 14.2. The fourth-order valence-electron chi connectivity index (χ4n) is 2.93. The Bertz CT molecular complexity index is 1020. The maximum atomic E-state index is 13.5. The molecular formula is C22H30FN3O4S. The van der Waals surface area contributed by atoms with Crippen molar-refractivity contribution in [2.45, 2.75) is 51.7 Å². The highest BCUT2D eigenvalue weighted by atomic mass is 32.2. The van der Waals surface area contributed by atoms with Gasteiger partial charge in [-0.05, 0) is 36.6 Å². The van der Waals surface area contributed by atoms with Crippen molar-refractivity contribution >= 4 is 22.0 Å². The molecule has 0 fully saturated rings. The van der Waals surface area contributed by atoms with Crippen molar-refractivity contribution < 1.29 is 23.0 Å². The Morgan fingerprint density at radius 3 is 2.29 bits per heavy atom. The third kappa shape index (κ3) is 6.56. The highest BCUT2D eigenvalue weighted by molar-refractivity contribution is 7.92. The molecule has 9 heteroatoms. The molecule has 0 saturated heterocycles. The van der Waals surface area contributed by atoms with Crippen molar-refractivity contribution in [1.29, 1.82) is 0 Å². The van der Waals surface area contributed by atoms with Crippen LogP contribution in [-0.2, 0) is 10.0 Å². The summed E-state index contributed by atoms with van der Waals surface area (Å²) in [5, 5.41) is 20.0. The molecule has 2 N–H and O–H groups in total. The Hall–Kier alpha value is -2.36. The van der Waals surface area contributed by atoms with Crippen molar-refractivity contribution in [3.8, 4) is 11.3 Å². The quantitative estimate of drug-likeness (QED) is 0.606. The number of benzene rings is 1. The predicted octanol–water partition coefficient (Wildman–Crippen LogP) is 3.34. The lowest BCUT2D eigenvalue weighted by molar-refractivity contribution is 0.102. The third-order valence-corrected chi connectivity index (χ3v) is 6.04. The summed E-state index contributed by atoms with van der Waals surface area (Å²) in [6.07, 6.45) is 3.50. The van der Waals surface area contributed by atoms with E-state index in [1.165, 1.54) is 19.2 Å². The van der Waals surface area contributed by atoms with Crippen LogP contribution in [0.15, 0.2) is 30.3 Å². The molecule has 0 aliphatic carbocycles. The van der Waals surface area contributed by atoms with E-state index in [2.05, 4.69) is 9.97 Å². The van der Waals surface area contributed by atoms with Gasteiger partial charge in [0.2, 0.25) is 16.0 Å². The summed E-state index contributed by atoms with van der Waals surface area (Å²) in [7, 11) is -2.23. The van der Waals surface area contributed by atoms with Crippen LogP contribution in [0.2, 0.25) is 0 Å². The number of hydrogen-bond acceptors (Lipinski definition) is 6. The van der Waals surface area contributed by atoms with Gasteiger partial charge in [0.15, 0.2) is 0 Å². The number of aromatic nitrogens is 2. The van der Waals surface area contributed by atoms with Gasteiger partial charge in [-0.15, -0.1) is 0 Å². The highest BCUT2D eigenvalue weighted by Gasteiger charge is 2.22. The number of aliphatic hydroxyl groups is 2. The van der Waals surface area contributed by atoms with Crippen molar-refractivity contribution in [2.24, 2.45) is 0 Å². The molecule has 1 aromatic carbocycles. The van der Waals surface area contributed by atoms with Crippen molar-refractivity contribution in [3.63, 3.8) is 0 Å². The van der Waals surface area contributed by atoms with Gasteiger partial charge < -0.3 is 10.2 Å². The Morgan fingerprint density at radius 2 is 1.77 bits per heavy atom. The predicted molar refractivity (Wildman–Crippen MR) is 121 cm³/mol. The van der Waals surface area contributed by atoms with Gasteiger partial charge in [-0.1, -0.05) is 32.9 Å². The zero-order chi connectivity index (χ0) is 23.3. The summed E-state index contributed by atoms with van der Waals surface area (Å²) < 4.78 is 38.6. The molecule has 0 spiro atoms. The molecule has 1 aromatic heterocycles. The van der Waals surface area contributed by atoms with E-state index in [1.807, 2.05) is 20.8 Å². The van der Waals surface area contributed by atoms with Gasteiger partial charge in [0.1, 0.15) is 5.82 Å². The fourth-order valence-corrected chi connectivity index (χ4v) is 3.31. The molecule has 0 radical (unpaired) electrons. The molecule has 0 aliphatic rings. The Labute approximate surface area is 183 Å². The number of anilines is 1. The lowest BCUT2D eigenvalue weighted by atomic mass is 9.97. The fraction of sp³-hybridized carbons (Fsp3) is 0.455. The van der Waals surface area contributed by atoms with Crippen LogP contribution >= 0.6 is 0 Å². The van der Waals surface area contributed by atoms with E-state index < -0.39 is 28.0 Å². The second-order valence-corrected chi connectivity index (χ2v) is 9.80. The highest BCUT2D eigenvalue weighted by Crippen LogP contribution is 2.31. The number of aliphatic hydroxyl groups excluding tert-OH is 2. The minimum absolute atomic E-state index is 0.00429. The molecule has 0 bridgehead atoms. The SMILES string of the molecule is CCC(O)CC(O)/C=C/c1c(-c2ccc(F)cc2)nc(N(C)S(C)(=O)=O)nc1C(C)C. The van der Waals surface area contributed by atoms with Crippen LogP contribution in [0.25, 0.3) is 17.3 Å². The van der Waals surface area contributed by atoms with Crippen LogP contribution in [-0.4, -0.2) is 54.1 Å². The Balaban J connectivity index is 2.69. The molecular weight excluding hydrogens is 421 g/mol. The largest absolute Gasteiger partial charge is 0.393 e. The molecule has 0 aliphatic heterocycles. The first-order chi connectivity index (χ1) is 14.4. The van der Waals surface area contributed by atoms with Crippen LogP contribution in [0, 0.1) is 5.82 Å². The molecule has 2 rings (SSSR count). The van der Waals surface area contributed by atoms with E-state index in [-0.39, 0.29) is 18.3 Å². The zero-order valence-corrected chi connectivity index (χ0v) is 19.3. The molecule has 170 valence electrons. The van der Waals surface area contributed by atoms with Crippen LogP contribution in [0.3, 0.4) is 0 Å². The molecule has 31 heavy (non-hydrogen) atoms. The smallest absolute Gasteiger partial charge is 0.239 e. The van der Waals surface area contributed by atoms with E-state index in [9.17, 15) is 23.0 Å². The van der Waals surface area contributed by atoms with E-state index >= 15 is 0 Å². The Kier molecular flexibility index (Phi) is 8.27. The summed E-state index contributed by atoms with van der Waals surface area (Å²) in [5.74, 6) is -0.493. The molecule has 0 amide bonds. The van der Waals surface area contributed by atoms with Gasteiger partial charge in [0, 0.05) is 24.6 Å². The molecule has 0 saturated carbocycles. The lowest BCUT2D eigenvalue weighted by Crippen LogP contribution is -2.27. The van der Waals surface area contributed by atoms with Crippen LogP contribution in [0.4, 0.5) is 10.3 Å². The van der Waals surface area contributed by atoms with Gasteiger partial charge in [0.25, 0.3) is 0 Å². The van der Waals surface area contributed by atoms with Gasteiger partial charge >= 0.3 is 0 Å². The number of sulfonamides is 1. The first-order valence-electron chi connectivity index (χ1n) is 10.1. The van der Waals surface area contributed by atoms with Gasteiger partial charge in [0.05, 0.1) is 29.9 Å². The van der Waals surface area contributed by atoms with E-state index in [4.69, 9.17) is 0 Å². The second-order valence-electron chi connectivity index (χ2n) is 7.79.